The number of hydrogen-bond acceptors (Lipinski definition) is 2. The molecule has 14 heavy (non-hydrogen) atoms. The molecule has 4 nitrogen and oxygen atoms in total. The van der Waals surface area contributed by atoms with E-state index in [9.17, 15) is 10.4 Å². The van der Waals surface area contributed by atoms with Crippen LogP contribution in [0.5, 0.6) is 0 Å². The monoisotopic (exact) mass is 242 g/mol. The van der Waals surface area contributed by atoms with E-state index in [0.29, 0.717) is 0 Å². The molecule has 0 saturated carbocycles. The Labute approximate surface area is 94.3 Å². The standard InChI is InChI=1S/C8H16Cl2N2O2/c1-7(2,9)5-11(13)12(14)6-8(3,4)10/h5-6H2,1-4H3/b12-11+. The molecule has 0 amide bonds. The Morgan fingerprint density at radius 2 is 1.07 bits per heavy atom. The molecule has 0 N–H and O–H groups in total. The summed E-state index contributed by atoms with van der Waals surface area (Å²) in [5, 5.41) is 22.4. The van der Waals surface area contributed by atoms with Gasteiger partial charge in [0.15, 0.2) is 0 Å². The summed E-state index contributed by atoms with van der Waals surface area (Å²) in [5.41, 5.74) is 0. The van der Waals surface area contributed by atoms with E-state index in [0.717, 1.165) is 0 Å². The van der Waals surface area contributed by atoms with E-state index < -0.39 is 9.75 Å². The van der Waals surface area contributed by atoms with Crippen LogP contribution >= 0.6 is 23.2 Å². The molecule has 6 heteroatoms. The molecule has 0 fully saturated rings. The van der Waals surface area contributed by atoms with Gasteiger partial charge in [-0.2, -0.15) is 0 Å². The molecular formula is C8H16Cl2N2O2. The van der Waals surface area contributed by atoms with Gasteiger partial charge in [-0.25, -0.2) is 0 Å². The van der Waals surface area contributed by atoms with E-state index in [1.54, 1.807) is 27.7 Å². The summed E-state index contributed by atoms with van der Waals surface area (Å²) in [6.45, 7) is 6.53. The third-order valence-electron chi connectivity index (χ3n) is 1.27. The van der Waals surface area contributed by atoms with Gasteiger partial charge in [-0.15, -0.1) is 23.2 Å². The first kappa shape index (κ1) is 13.8. The quantitative estimate of drug-likeness (QED) is 0.329. The number of alkyl halides is 2. The summed E-state index contributed by atoms with van der Waals surface area (Å²) in [5.74, 6) is 0. The van der Waals surface area contributed by atoms with E-state index in [2.05, 4.69) is 0 Å². The van der Waals surface area contributed by atoms with E-state index in [1.807, 2.05) is 0 Å². The van der Waals surface area contributed by atoms with Crippen LogP contribution in [-0.4, -0.2) is 32.6 Å². The average Bonchev–Trinajstić information content (AvgIpc) is 1.78. The first-order valence-electron chi connectivity index (χ1n) is 4.28. The van der Waals surface area contributed by atoms with Crippen LogP contribution in [-0.2, 0) is 0 Å². The molecule has 0 aromatic rings. The Morgan fingerprint density at radius 3 is 1.21 bits per heavy atom. The normalized spacial score (nSPS) is 15.3. The van der Waals surface area contributed by atoms with Crippen molar-refractivity contribution in [2.75, 3.05) is 13.1 Å². The molecule has 84 valence electrons. The van der Waals surface area contributed by atoms with Gasteiger partial charge < -0.3 is 10.4 Å². The molecule has 0 aliphatic heterocycles. The Kier molecular flexibility index (Phi) is 4.46. The van der Waals surface area contributed by atoms with Gasteiger partial charge >= 0.3 is 0 Å². The molecule has 0 spiro atoms. The summed E-state index contributed by atoms with van der Waals surface area (Å²) in [4.78, 5) is -0.865. The number of azo groups is 1. The highest BCUT2D eigenvalue weighted by molar-refractivity contribution is 6.23. The predicted molar refractivity (Wildman–Crippen MR) is 56.9 cm³/mol. The van der Waals surface area contributed by atoms with Crippen LogP contribution in [0.2, 0.25) is 0 Å². The fraction of sp³-hybridized carbons (Fsp3) is 1.00. The Morgan fingerprint density at radius 1 is 0.857 bits per heavy atom. The second-order valence-corrected chi connectivity index (χ2v) is 6.50. The summed E-state index contributed by atoms with van der Waals surface area (Å²) in [6, 6.07) is 0. The van der Waals surface area contributed by atoms with Gasteiger partial charge in [0, 0.05) is 9.72 Å². The lowest BCUT2D eigenvalue weighted by Crippen LogP contribution is -2.34. The van der Waals surface area contributed by atoms with Crippen LogP contribution in [0.4, 0.5) is 0 Å². The maximum atomic E-state index is 11.2. The van der Waals surface area contributed by atoms with Crippen LogP contribution in [0, 0.1) is 10.4 Å². The zero-order valence-corrected chi connectivity index (χ0v) is 10.4. The van der Waals surface area contributed by atoms with Crippen LogP contribution in [0.15, 0.2) is 0 Å². The fourth-order valence-electron chi connectivity index (χ4n) is 0.801. The molecule has 0 heterocycles. The third kappa shape index (κ3) is 7.21. The van der Waals surface area contributed by atoms with Crippen LogP contribution in [0.3, 0.4) is 0 Å². The minimum atomic E-state index is -0.721. The van der Waals surface area contributed by atoms with Crippen molar-refractivity contribution >= 4 is 23.2 Å². The van der Waals surface area contributed by atoms with Gasteiger partial charge in [0.25, 0.3) is 0 Å². The molecule has 0 bridgehead atoms. The first-order chi connectivity index (χ1) is 6.01. The van der Waals surface area contributed by atoms with Crippen molar-refractivity contribution in [1.82, 2.24) is 0 Å². The van der Waals surface area contributed by atoms with Crippen molar-refractivity contribution < 1.29 is 9.72 Å². The maximum absolute atomic E-state index is 11.2. The molecular weight excluding hydrogens is 227 g/mol. The summed E-state index contributed by atoms with van der Waals surface area (Å²) < 4.78 is 0. The minimum absolute atomic E-state index is 0.0645. The van der Waals surface area contributed by atoms with E-state index >= 15 is 0 Å². The van der Waals surface area contributed by atoms with Crippen LogP contribution in [0.1, 0.15) is 27.7 Å². The second-order valence-electron chi connectivity index (χ2n) is 4.46. The van der Waals surface area contributed by atoms with Gasteiger partial charge in [-0.05, 0) is 27.7 Å². The lowest BCUT2D eigenvalue weighted by atomic mass is 10.2. The molecule has 0 atom stereocenters. The molecule has 0 aliphatic carbocycles. The molecule has 0 unspecified atom stereocenters. The SMILES string of the molecule is CC(C)(Cl)C/[N+]([O-])=[N+](\[O-])CC(C)(C)Cl. The zero-order valence-electron chi connectivity index (χ0n) is 8.88. The highest BCUT2D eigenvalue weighted by atomic mass is 35.5. The summed E-state index contributed by atoms with van der Waals surface area (Å²) >= 11 is 11.6. The van der Waals surface area contributed by atoms with E-state index in [1.165, 1.54) is 0 Å². The predicted octanol–water partition coefficient (Wildman–Crippen LogP) is 2.49. The number of halogens is 2. The lowest BCUT2D eigenvalue weighted by Gasteiger charge is -2.15. The largest absolute Gasteiger partial charge is 0.567 e. The Hall–Kier alpha value is -0.220. The highest BCUT2D eigenvalue weighted by Crippen LogP contribution is 2.14. The summed E-state index contributed by atoms with van der Waals surface area (Å²) in [6.07, 6.45) is 0. The smallest absolute Gasteiger partial charge is 0.238 e. The van der Waals surface area contributed by atoms with Crippen molar-refractivity contribution in [1.29, 1.82) is 0 Å². The Bertz CT molecular complexity index is 204. The van der Waals surface area contributed by atoms with E-state index in [-0.39, 0.29) is 22.8 Å². The van der Waals surface area contributed by atoms with Crippen molar-refractivity contribution in [3.63, 3.8) is 0 Å². The lowest BCUT2D eigenvalue weighted by molar-refractivity contribution is -0.971. The maximum Gasteiger partial charge on any atom is 0.238 e. The van der Waals surface area contributed by atoms with Gasteiger partial charge in [-0.1, -0.05) is 0 Å². The van der Waals surface area contributed by atoms with E-state index in [4.69, 9.17) is 23.2 Å². The van der Waals surface area contributed by atoms with Gasteiger partial charge in [-0.3, -0.25) is 0 Å². The topological polar surface area (TPSA) is 52.1 Å². The van der Waals surface area contributed by atoms with Gasteiger partial charge in [0.05, 0.1) is 0 Å². The number of nitrogens with zero attached hydrogens (tertiary/aromatic N) is 2. The average molecular weight is 243 g/mol. The molecule has 0 radical (unpaired) electrons. The van der Waals surface area contributed by atoms with Gasteiger partial charge in [0.1, 0.15) is 9.75 Å². The first-order valence-corrected chi connectivity index (χ1v) is 5.04. The van der Waals surface area contributed by atoms with Gasteiger partial charge in [0.2, 0.25) is 13.1 Å². The van der Waals surface area contributed by atoms with Crippen molar-refractivity contribution in [3.05, 3.63) is 10.4 Å². The van der Waals surface area contributed by atoms with Crippen molar-refractivity contribution in [3.8, 4) is 0 Å². The minimum Gasteiger partial charge on any atom is -0.567 e. The summed E-state index contributed by atoms with van der Waals surface area (Å²) in [7, 11) is 0. The van der Waals surface area contributed by atoms with Crippen LogP contribution in [0.25, 0.3) is 0 Å². The number of hydrogen-bond donors (Lipinski definition) is 0. The zero-order chi connectivity index (χ0) is 11.6. The number of hydroxylamine groups is 2. The molecule has 0 aromatic heterocycles. The molecule has 0 rings (SSSR count). The fourth-order valence-corrected chi connectivity index (χ4v) is 1.01. The number of rotatable bonds is 4. The van der Waals surface area contributed by atoms with Crippen molar-refractivity contribution in [2.45, 2.75) is 37.4 Å². The molecule has 0 aliphatic rings. The highest BCUT2D eigenvalue weighted by Gasteiger charge is 2.27. The van der Waals surface area contributed by atoms with Crippen LogP contribution < -0.4 is 0 Å². The molecule has 0 aromatic carbocycles. The van der Waals surface area contributed by atoms with Crippen molar-refractivity contribution in [2.24, 2.45) is 0 Å². The molecule has 0 saturated heterocycles. The second kappa shape index (κ2) is 4.53. The Balaban J connectivity index is 4.45. The third-order valence-corrected chi connectivity index (χ3v) is 1.51.